The van der Waals surface area contributed by atoms with Crippen molar-refractivity contribution in [1.82, 2.24) is 10.6 Å². The van der Waals surface area contributed by atoms with Gasteiger partial charge in [-0.25, -0.2) is 4.39 Å². The number of hydrogen-bond donors (Lipinski definition) is 2. The number of halogens is 4. The Balaban J connectivity index is 2.65. The van der Waals surface area contributed by atoms with Crippen LogP contribution in [-0.2, 0) is 12.7 Å². The topological polar surface area (TPSA) is 24.1 Å². The van der Waals surface area contributed by atoms with E-state index in [1.807, 2.05) is 20.8 Å². The molecule has 0 saturated carbocycles. The Labute approximate surface area is 116 Å². The molecule has 0 amide bonds. The van der Waals surface area contributed by atoms with Gasteiger partial charge in [-0.15, -0.1) is 0 Å². The molecule has 1 aromatic rings. The third-order valence-electron chi connectivity index (χ3n) is 2.86. The van der Waals surface area contributed by atoms with Gasteiger partial charge in [-0.3, -0.25) is 0 Å². The van der Waals surface area contributed by atoms with Crippen LogP contribution in [0.15, 0.2) is 18.2 Å². The normalized spacial score (nSPS) is 13.8. The minimum atomic E-state index is -4.66. The van der Waals surface area contributed by atoms with Crippen LogP contribution in [0.5, 0.6) is 0 Å². The van der Waals surface area contributed by atoms with Crippen molar-refractivity contribution in [2.45, 2.75) is 45.6 Å². The summed E-state index contributed by atoms with van der Waals surface area (Å²) in [6, 6.07) is 3.69. The van der Waals surface area contributed by atoms with Gasteiger partial charge < -0.3 is 10.6 Å². The second kappa shape index (κ2) is 7.04. The van der Waals surface area contributed by atoms with Gasteiger partial charge in [0.2, 0.25) is 0 Å². The lowest BCUT2D eigenvalue weighted by Gasteiger charge is -2.17. The maximum atomic E-state index is 13.8. The maximum Gasteiger partial charge on any atom is 0.419 e. The molecule has 1 atom stereocenters. The number of alkyl halides is 3. The maximum absolute atomic E-state index is 13.8. The molecule has 1 rings (SSSR count). The Kier molecular flexibility index (Phi) is 5.95. The summed E-state index contributed by atoms with van der Waals surface area (Å²) < 4.78 is 51.5. The lowest BCUT2D eigenvalue weighted by Crippen LogP contribution is -2.38. The Morgan fingerprint density at radius 3 is 2.30 bits per heavy atom. The van der Waals surface area contributed by atoms with Crippen LogP contribution in [-0.4, -0.2) is 18.6 Å². The van der Waals surface area contributed by atoms with Gasteiger partial charge in [0.25, 0.3) is 0 Å². The zero-order valence-electron chi connectivity index (χ0n) is 11.8. The van der Waals surface area contributed by atoms with Crippen molar-refractivity contribution in [3.05, 3.63) is 35.1 Å². The largest absolute Gasteiger partial charge is 0.419 e. The molecule has 2 nitrogen and oxygen atoms in total. The molecule has 2 N–H and O–H groups in total. The molecule has 1 aromatic carbocycles. The molecule has 6 heteroatoms. The van der Waals surface area contributed by atoms with E-state index in [0.717, 1.165) is 6.07 Å². The van der Waals surface area contributed by atoms with E-state index in [1.54, 1.807) is 0 Å². The highest BCUT2D eigenvalue weighted by Crippen LogP contribution is 2.32. The van der Waals surface area contributed by atoms with Crippen LogP contribution in [0.25, 0.3) is 0 Å². The van der Waals surface area contributed by atoms with Crippen molar-refractivity contribution in [1.29, 1.82) is 0 Å². The molecule has 0 aliphatic carbocycles. The van der Waals surface area contributed by atoms with Crippen molar-refractivity contribution in [3.63, 3.8) is 0 Å². The number of hydrogen-bond acceptors (Lipinski definition) is 2. The summed E-state index contributed by atoms with van der Waals surface area (Å²) in [6.07, 6.45) is -4.66. The third kappa shape index (κ3) is 5.09. The van der Waals surface area contributed by atoms with E-state index in [1.165, 1.54) is 12.1 Å². The molecule has 0 fully saturated rings. The fraction of sp³-hybridized carbons (Fsp3) is 0.571. The van der Waals surface area contributed by atoms with Crippen molar-refractivity contribution >= 4 is 0 Å². The van der Waals surface area contributed by atoms with Crippen molar-refractivity contribution in [3.8, 4) is 0 Å². The summed E-state index contributed by atoms with van der Waals surface area (Å²) >= 11 is 0. The van der Waals surface area contributed by atoms with Crippen LogP contribution in [0.3, 0.4) is 0 Å². The molecule has 114 valence electrons. The SMILES string of the molecule is CC(C)NCC(C)NCc1cccc(C(F)(F)F)c1F. The van der Waals surface area contributed by atoms with Crippen molar-refractivity contribution in [2.75, 3.05) is 6.54 Å². The number of nitrogens with one attached hydrogen (secondary N) is 2. The second-order valence-electron chi connectivity index (χ2n) is 5.12. The van der Waals surface area contributed by atoms with Gasteiger partial charge in [0.05, 0.1) is 5.56 Å². The summed E-state index contributed by atoms with van der Waals surface area (Å²) in [5.41, 5.74) is -1.19. The lowest BCUT2D eigenvalue weighted by atomic mass is 10.1. The predicted octanol–water partition coefficient (Wildman–Crippen LogP) is 3.32. The smallest absolute Gasteiger partial charge is 0.313 e. The summed E-state index contributed by atoms with van der Waals surface area (Å²) in [4.78, 5) is 0. The number of benzene rings is 1. The first-order valence-electron chi connectivity index (χ1n) is 6.53. The van der Waals surface area contributed by atoms with E-state index >= 15 is 0 Å². The highest BCUT2D eigenvalue weighted by atomic mass is 19.4. The summed E-state index contributed by atoms with van der Waals surface area (Å²) in [7, 11) is 0. The Hall–Kier alpha value is -1.14. The molecule has 0 aliphatic heterocycles. The highest BCUT2D eigenvalue weighted by molar-refractivity contribution is 5.28. The van der Waals surface area contributed by atoms with Crippen LogP contribution >= 0.6 is 0 Å². The third-order valence-corrected chi connectivity index (χ3v) is 2.86. The van der Waals surface area contributed by atoms with E-state index in [0.29, 0.717) is 12.6 Å². The highest BCUT2D eigenvalue weighted by Gasteiger charge is 2.34. The summed E-state index contributed by atoms with van der Waals surface area (Å²) in [6.45, 7) is 6.62. The van der Waals surface area contributed by atoms with Gasteiger partial charge in [0.1, 0.15) is 5.82 Å². The predicted molar refractivity (Wildman–Crippen MR) is 70.8 cm³/mol. The lowest BCUT2D eigenvalue weighted by molar-refractivity contribution is -0.140. The van der Waals surface area contributed by atoms with E-state index in [2.05, 4.69) is 10.6 Å². The molecule has 0 bridgehead atoms. The first-order chi connectivity index (χ1) is 9.21. The van der Waals surface area contributed by atoms with Crippen LogP contribution in [0.1, 0.15) is 31.9 Å². The van der Waals surface area contributed by atoms with Crippen molar-refractivity contribution < 1.29 is 17.6 Å². The van der Waals surface area contributed by atoms with Crippen LogP contribution < -0.4 is 10.6 Å². The van der Waals surface area contributed by atoms with E-state index in [9.17, 15) is 17.6 Å². The van der Waals surface area contributed by atoms with Crippen LogP contribution in [0.2, 0.25) is 0 Å². The molecule has 0 spiro atoms. The Bertz CT molecular complexity index is 430. The second-order valence-corrected chi connectivity index (χ2v) is 5.12. The molecule has 0 saturated heterocycles. The Morgan fingerprint density at radius 1 is 1.10 bits per heavy atom. The van der Waals surface area contributed by atoms with Crippen LogP contribution in [0, 0.1) is 5.82 Å². The summed E-state index contributed by atoms with van der Waals surface area (Å²) in [5.74, 6) is -1.20. The minimum absolute atomic E-state index is 0.0243. The molecule has 1 unspecified atom stereocenters. The molecular formula is C14H20F4N2. The molecule has 0 aliphatic rings. The zero-order valence-corrected chi connectivity index (χ0v) is 11.8. The van der Waals surface area contributed by atoms with E-state index < -0.39 is 17.6 Å². The van der Waals surface area contributed by atoms with Crippen LogP contribution in [0.4, 0.5) is 17.6 Å². The summed E-state index contributed by atoms with van der Waals surface area (Å²) in [5, 5.41) is 6.20. The first-order valence-corrected chi connectivity index (χ1v) is 6.53. The van der Waals surface area contributed by atoms with Gasteiger partial charge in [-0.2, -0.15) is 13.2 Å². The molecule has 0 radical (unpaired) electrons. The van der Waals surface area contributed by atoms with Gasteiger partial charge in [-0.05, 0) is 13.0 Å². The molecule has 0 aromatic heterocycles. The first kappa shape index (κ1) is 16.9. The van der Waals surface area contributed by atoms with Gasteiger partial charge in [0, 0.05) is 30.7 Å². The van der Waals surface area contributed by atoms with Gasteiger partial charge >= 0.3 is 6.18 Å². The fourth-order valence-electron chi connectivity index (χ4n) is 1.70. The molecule has 20 heavy (non-hydrogen) atoms. The zero-order chi connectivity index (χ0) is 15.3. The van der Waals surface area contributed by atoms with Gasteiger partial charge in [-0.1, -0.05) is 26.0 Å². The average Bonchev–Trinajstić information content (AvgIpc) is 2.33. The molecule has 0 heterocycles. The fourth-order valence-corrected chi connectivity index (χ4v) is 1.70. The average molecular weight is 292 g/mol. The molecular weight excluding hydrogens is 272 g/mol. The standard InChI is InChI=1S/C14H20F4N2/c1-9(2)19-7-10(3)20-8-11-5-4-6-12(13(11)15)14(16,17)18/h4-6,9-10,19-20H,7-8H2,1-3H3. The van der Waals surface area contributed by atoms with Crippen molar-refractivity contribution in [2.24, 2.45) is 0 Å². The number of rotatable bonds is 6. The van der Waals surface area contributed by atoms with Gasteiger partial charge in [0.15, 0.2) is 0 Å². The Morgan fingerprint density at radius 2 is 1.75 bits per heavy atom. The van der Waals surface area contributed by atoms with E-state index in [4.69, 9.17) is 0 Å². The minimum Gasteiger partial charge on any atom is -0.313 e. The monoisotopic (exact) mass is 292 g/mol. The quantitative estimate of drug-likeness (QED) is 0.786. The van der Waals surface area contributed by atoms with E-state index in [-0.39, 0.29) is 18.2 Å².